The molecule has 0 aromatic heterocycles. The summed E-state index contributed by atoms with van der Waals surface area (Å²) in [5.74, 6) is 0.428. The first-order chi connectivity index (χ1) is 14.5. The van der Waals surface area contributed by atoms with E-state index < -0.39 is 10.0 Å². The van der Waals surface area contributed by atoms with Crippen LogP contribution in [0.25, 0.3) is 0 Å². The van der Waals surface area contributed by atoms with Gasteiger partial charge in [0.1, 0.15) is 5.75 Å². The van der Waals surface area contributed by atoms with Gasteiger partial charge < -0.3 is 14.8 Å². The van der Waals surface area contributed by atoms with Crippen LogP contribution in [0.1, 0.15) is 36.0 Å². The number of rotatable bonds is 6. The van der Waals surface area contributed by atoms with E-state index in [0.717, 1.165) is 18.6 Å². The number of benzene rings is 2. The van der Waals surface area contributed by atoms with E-state index in [1.54, 1.807) is 24.3 Å². The summed E-state index contributed by atoms with van der Waals surface area (Å²) in [4.78, 5) is 12.8. The van der Waals surface area contributed by atoms with Gasteiger partial charge in [0.05, 0.1) is 24.2 Å². The normalized spacial score (nSPS) is 18.3. The molecule has 1 amide bonds. The lowest BCUT2D eigenvalue weighted by molar-refractivity contribution is 0.0730. The SMILES string of the molecule is O=C(Nc1ccc(OC2CCCC2)cc1)c1cccc(S(=O)(=O)N2CCOCC2)c1. The molecule has 4 rings (SSSR count). The van der Waals surface area contributed by atoms with Gasteiger partial charge >= 0.3 is 0 Å². The smallest absolute Gasteiger partial charge is 0.255 e. The van der Waals surface area contributed by atoms with Gasteiger partial charge in [-0.2, -0.15) is 4.31 Å². The Morgan fingerprint density at radius 3 is 2.43 bits per heavy atom. The summed E-state index contributed by atoms with van der Waals surface area (Å²) in [6, 6.07) is 13.4. The maximum Gasteiger partial charge on any atom is 0.255 e. The van der Waals surface area contributed by atoms with E-state index in [1.165, 1.54) is 29.3 Å². The molecule has 160 valence electrons. The number of carbonyl (C=O) groups excluding carboxylic acids is 1. The third-order valence-corrected chi connectivity index (χ3v) is 7.32. The molecular weight excluding hydrogens is 404 g/mol. The Morgan fingerprint density at radius 2 is 1.73 bits per heavy atom. The van der Waals surface area contributed by atoms with Crippen LogP contribution in [0.2, 0.25) is 0 Å². The number of sulfonamides is 1. The Morgan fingerprint density at radius 1 is 1.03 bits per heavy atom. The Labute approximate surface area is 177 Å². The van der Waals surface area contributed by atoms with E-state index in [4.69, 9.17) is 9.47 Å². The molecule has 2 aliphatic rings. The van der Waals surface area contributed by atoms with Gasteiger partial charge in [-0.25, -0.2) is 8.42 Å². The number of carbonyl (C=O) groups is 1. The van der Waals surface area contributed by atoms with E-state index >= 15 is 0 Å². The molecule has 1 N–H and O–H groups in total. The second-order valence-corrected chi connectivity index (χ2v) is 9.49. The fourth-order valence-corrected chi connectivity index (χ4v) is 5.21. The molecule has 1 heterocycles. The number of hydrogen-bond acceptors (Lipinski definition) is 5. The van der Waals surface area contributed by atoms with E-state index in [-0.39, 0.29) is 22.5 Å². The van der Waals surface area contributed by atoms with Gasteiger partial charge in [0.15, 0.2) is 0 Å². The highest BCUT2D eigenvalue weighted by atomic mass is 32.2. The topological polar surface area (TPSA) is 84.9 Å². The lowest BCUT2D eigenvalue weighted by Crippen LogP contribution is -2.40. The van der Waals surface area contributed by atoms with Crippen molar-refractivity contribution in [1.29, 1.82) is 0 Å². The fourth-order valence-electron chi connectivity index (χ4n) is 3.75. The fraction of sp³-hybridized carbons (Fsp3) is 0.409. The van der Waals surface area contributed by atoms with Crippen LogP contribution < -0.4 is 10.1 Å². The zero-order chi connectivity index (χ0) is 21.0. The van der Waals surface area contributed by atoms with Crippen molar-refractivity contribution in [3.8, 4) is 5.75 Å². The van der Waals surface area contributed by atoms with Crippen molar-refractivity contribution in [3.05, 3.63) is 54.1 Å². The van der Waals surface area contributed by atoms with Crippen molar-refractivity contribution in [1.82, 2.24) is 4.31 Å². The van der Waals surface area contributed by atoms with Crippen molar-refractivity contribution in [2.75, 3.05) is 31.6 Å². The molecule has 1 aliphatic heterocycles. The summed E-state index contributed by atoms with van der Waals surface area (Å²) in [5, 5.41) is 2.81. The molecule has 1 saturated carbocycles. The average molecular weight is 431 g/mol. The standard InChI is InChI=1S/C22H26N2O5S/c25-22(23-18-8-10-20(11-9-18)29-19-5-1-2-6-19)17-4-3-7-21(16-17)30(26,27)24-12-14-28-15-13-24/h3-4,7-11,16,19H,1-2,5-6,12-15H2,(H,23,25). The summed E-state index contributed by atoms with van der Waals surface area (Å²) < 4.78 is 38.2. The predicted molar refractivity (Wildman–Crippen MR) is 113 cm³/mol. The maximum atomic E-state index is 12.8. The first-order valence-electron chi connectivity index (χ1n) is 10.3. The predicted octanol–water partition coefficient (Wildman–Crippen LogP) is 3.28. The molecule has 1 aliphatic carbocycles. The first kappa shape index (κ1) is 20.8. The highest BCUT2D eigenvalue weighted by molar-refractivity contribution is 7.89. The van der Waals surface area contributed by atoms with Crippen molar-refractivity contribution < 1.29 is 22.7 Å². The second-order valence-electron chi connectivity index (χ2n) is 7.55. The quantitative estimate of drug-likeness (QED) is 0.760. The van der Waals surface area contributed by atoms with Crippen molar-refractivity contribution in [2.45, 2.75) is 36.7 Å². The van der Waals surface area contributed by atoms with Gasteiger partial charge in [0.2, 0.25) is 10.0 Å². The van der Waals surface area contributed by atoms with Gasteiger partial charge in [-0.15, -0.1) is 0 Å². The Kier molecular flexibility index (Phi) is 6.36. The number of hydrogen-bond donors (Lipinski definition) is 1. The lowest BCUT2D eigenvalue weighted by Gasteiger charge is -2.26. The minimum atomic E-state index is -3.65. The zero-order valence-electron chi connectivity index (χ0n) is 16.7. The Hall–Kier alpha value is -2.42. The zero-order valence-corrected chi connectivity index (χ0v) is 17.6. The molecule has 8 heteroatoms. The summed E-state index contributed by atoms with van der Waals surface area (Å²) >= 11 is 0. The van der Waals surface area contributed by atoms with Crippen LogP contribution in [-0.4, -0.2) is 51.0 Å². The maximum absolute atomic E-state index is 12.8. The third kappa shape index (κ3) is 4.83. The number of nitrogens with one attached hydrogen (secondary N) is 1. The molecule has 7 nitrogen and oxygen atoms in total. The molecule has 0 unspecified atom stereocenters. The first-order valence-corrected chi connectivity index (χ1v) is 11.7. The van der Waals surface area contributed by atoms with Crippen LogP contribution in [0, 0.1) is 0 Å². The Balaban J connectivity index is 1.42. The molecule has 30 heavy (non-hydrogen) atoms. The molecule has 0 bridgehead atoms. The molecule has 2 fully saturated rings. The lowest BCUT2D eigenvalue weighted by atomic mass is 10.2. The van der Waals surface area contributed by atoms with Crippen LogP contribution in [0.5, 0.6) is 5.75 Å². The van der Waals surface area contributed by atoms with E-state index in [0.29, 0.717) is 32.0 Å². The monoisotopic (exact) mass is 430 g/mol. The number of amides is 1. The number of anilines is 1. The van der Waals surface area contributed by atoms with E-state index in [1.807, 2.05) is 12.1 Å². The Bertz CT molecular complexity index is 979. The number of morpholine rings is 1. The molecule has 0 radical (unpaired) electrons. The van der Waals surface area contributed by atoms with Gasteiger partial charge in [-0.3, -0.25) is 4.79 Å². The van der Waals surface area contributed by atoms with Crippen molar-refractivity contribution in [3.63, 3.8) is 0 Å². The number of nitrogens with zero attached hydrogens (tertiary/aromatic N) is 1. The highest BCUT2D eigenvalue weighted by Gasteiger charge is 2.27. The largest absolute Gasteiger partial charge is 0.490 e. The van der Waals surface area contributed by atoms with E-state index in [2.05, 4.69) is 5.32 Å². The van der Waals surface area contributed by atoms with Crippen molar-refractivity contribution in [2.24, 2.45) is 0 Å². The highest BCUT2D eigenvalue weighted by Crippen LogP contribution is 2.25. The minimum absolute atomic E-state index is 0.109. The molecule has 2 aromatic carbocycles. The van der Waals surface area contributed by atoms with Crippen LogP contribution in [0.4, 0.5) is 5.69 Å². The van der Waals surface area contributed by atoms with Gasteiger partial charge in [0.25, 0.3) is 5.91 Å². The van der Waals surface area contributed by atoms with Crippen LogP contribution in [0.15, 0.2) is 53.4 Å². The second kappa shape index (κ2) is 9.16. The summed E-state index contributed by atoms with van der Waals surface area (Å²) in [7, 11) is -3.65. The number of ether oxygens (including phenoxy) is 2. The van der Waals surface area contributed by atoms with Gasteiger partial charge in [-0.05, 0) is 68.1 Å². The summed E-state index contributed by atoms with van der Waals surface area (Å²) in [6.45, 7) is 1.38. The average Bonchev–Trinajstić information content (AvgIpc) is 3.29. The van der Waals surface area contributed by atoms with E-state index in [9.17, 15) is 13.2 Å². The minimum Gasteiger partial charge on any atom is -0.490 e. The molecule has 2 aromatic rings. The summed E-state index contributed by atoms with van der Waals surface area (Å²) in [5.41, 5.74) is 0.913. The molecule has 1 saturated heterocycles. The summed E-state index contributed by atoms with van der Waals surface area (Å²) in [6.07, 6.45) is 4.87. The van der Waals surface area contributed by atoms with Crippen molar-refractivity contribution >= 4 is 21.6 Å². The third-order valence-electron chi connectivity index (χ3n) is 5.42. The van der Waals surface area contributed by atoms with Crippen LogP contribution in [-0.2, 0) is 14.8 Å². The van der Waals surface area contributed by atoms with Crippen LogP contribution >= 0.6 is 0 Å². The van der Waals surface area contributed by atoms with Gasteiger partial charge in [0, 0.05) is 24.3 Å². The molecule has 0 spiro atoms. The molecular formula is C22H26N2O5S. The van der Waals surface area contributed by atoms with Crippen LogP contribution in [0.3, 0.4) is 0 Å². The van der Waals surface area contributed by atoms with Gasteiger partial charge in [-0.1, -0.05) is 6.07 Å². The molecule has 0 atom stereocenters.